The molecule has 0 rings (SSSR count). The molecule has 1 unspecified atom stereocenters. The molecule has 0 fully saturated rings. The number of carbonyl (C=O) groups excluding carboxylic acids is 2. The van der Waals surface area contributed by atoms with Crippen LogP contribution in [0.15, 0.2) is 48.6 Å². The molecule has 0 aromatic carbocycles. The maximum atomic E-state index is 12.6. The van der Waals surface area contributed by atoms with Crippen molar-refractivity contribution in [1.82, 2.24) is 0 Å². The van der Waals surface area contributed by atoms with Gasteiger partial charge in [0.1, 0.15) is 19.8 Å². The SMILES string of the molecule is CCCC/C=C\CCCCCCCC(=O)O[C@H](COC(=O)CCCCCC/C=C\C/C=C\C/C=C\CCCCC)COP(=O)([O-])OCC[N+](C)(C)C. The monoisotopic (exact) mass is 754 g/mol. The van der Waals surface area contributed by atoms with Crippen molar-refractivity contribution in [2.75, 3.05) is 47.5 Å². The maximum absolute atomic E-state index is 12.6. The van der Waals surface area contributed by atoms with Crippen LogP contribution in [0.2, 0.25) is 0 Å². The van der Waals surface area contributed by atoms with Crippen molar-refractivity contribution >= 4 is 19.8 Å². The summed E-state index contributed by atoms with van der Waals surface area (Å²) in [5, 5.41) is 0. The highest BCUT2D eigenvalue weighted by Gasteiger charge is 2.21. The van der Waals surface area contributed by atoms with Crippen molar-refractivity contribution in [3.8, 4) is 0 Å². The van der Waals surface area contributed by atoms with Crippen LogP contribution in [0.4, 0.5) is 0 Å². The number of phosphoric ester groups is 1. The van der Waals surface area contributed by atoms with Gasteiger partial charge in [-0.2, -0.15) is 0 Å². The molecular weight excluding hydrogens is 677 g/mol. The minimum absolute atomic E-state index is 0.0378. The molecule has 9 nitrogen and oxygen atoms in total. The maximum Gasteiger partial charge on any atom is 0.306 e. The number of phosphoric acid groups is 1. The zero-order valence-corrected chi connectivity index (χ0v) is 34.6. The number of hydrogen-bond acceptors (Lipinski definition) is 8. The van der Waals surface area contributed by atoms with Crippen LogP contribution < -0.4 is 4.89 Å². The minimum atomic E-state index is -4.63. The van der Waals surface area contributed by atoms with Crippen LogP contribution in [0.25, 0.3) is 0 Å². The van der Waals surface area contributed by atoms with Gasteiger partial charge in [0, 0.05) is 12.8 Å². The number of nitrogens with zero attached hydrogens (tertiary/aromatic N) is 1. The van der Waals surface area contributed by atoms with Crippen molar-refractivity contribution < 1.29 is 42.1 Å². The first kappa shape index (κ1) is 50.0. The van der Waals surface area contributed by atoms with Gasteiger partial charge in [-0.15, -0.1) is 0 Å². The zero-order valence-electron chi connectivity index (χ0n) is 33.7. The first-order chi connectivity index (χ1) is 25.0. The number of allylic oxidation sites excluding steroid dienone is 8. The number of carbonyl (C=O) groups is 2. The average Bonchev–Trinajstić information content (AvgIpc) is 3.09. The molecule has 0 bridgehead atoms. The van der Waals surface area contributed by atoms with E-state index in [0.29, 0.717) is 23.9 Å². The summed E-state index contributed by atoms with van der Waals surface area (Å²) in [6, 6.07) is 0. The zero-order chi connectivity index (χ0) is 38.6. The number of likely N-dealkylation sites (N-methyl/N-ethyl adjacent to an activating group) is 1. The fourth-order valence-corrected chi connectivity index (χ4v) is 5.78. The van der Waals surface area contributed by atoms with Crippen molar-refractivity contribution in [3.63, 3.8) is 0 Å². The summed E-state index contributed by atoms with van der Waals surface area (Å²) >= 11 is 0. The predicted octanol–water partition coefficient (Wildman–Crippen LogP) is 10.5. The quantitative estimate of drug-likeness (QED) is 0.0204. The van der Waals surface area contributed by atoms with Gasteiger partial charge in [-0.1, -0.05) is 120 Å². The molecule has 0 saturated heterocycles. The lowest BCUT2D eigenvalue weighted by atomic mass is 10.1. The Morgan fingerprint density at radius 3 is 1.62 bits per heavy atom. The first-order valence-electron chi connectivity index (χ1n) is 20.3. The summed E-state index contributed by atoms with van der Waals surface area (Å²) in [7, 11) is 1.14. The second-order valence-electron chi connectivity index (χ2n) is 14.6. The molecule has 0 aliphatic heterocycles. The van der Waals surface area contributed by atoms with E-state index in [1.165, 1.54) is 38.5 Å². The summed E-state index contributed by atoms with van der Waals surface area (Å²) in [5.74, 6) is -0.876. The summed E-state index contributed by atoms with van der Waals surface area (Å²) in [6.07, 6.45) is 38.5. The molecule has 0 aliphatic carbocycles. The highest BCUT2D eigenvalue weighted by molar-refractivity contribution is 7.45. The standard InChI is InChI=1S/C42H76NO8P/c1-6-8-10-12-14-16-18-19-20-21-22-23-25-26-28-30-32-34-41(44)48-38-40(39-50-52(46,47)49-37-36-43(3,4)5)51-42(45)35-33-31-29-27-24-17-15-13-11-9-7-2/h13-16,19-20,22-23,40H,6-12,17-18,21,24-39H2,1-5H3/b15-13-,16-14-,20-19-,23-22-/t40-/m1/s1. The highest BCUT2D eigenvalue weighted by Crippen LogP contribution is 2.38. The van der Waals surface area contributed by atoms with E-state index in [2.05, 4.69) is 62.5 Å². The lowest BCUT2D eigenvalue weighted by Crippen LogP contribution is -2.37. The van der Waals surface area contributed by atoms with E-state index in [-0.39, 0.29) is 26.1 Å². The Labute approximate surface area is 318 Å². The Morgan fingerprint density at radius 1 is 0.596 bits per heavy atom. The van der Waals surface area contributed by atoms with Gasteiger partial charge in [-0.3, -0.25) is 14.2 Å². The third-order valence-electron chi connectivity index (χ3n) is 8.32. The lowest BCUT2D eigenvalue weighted by Gasteiger charge is -2.28. The molecule has 52 heavy (non-hydrogen) atoms. The minimum Gasteiger partial charge on any atom is -0.756 e. The summed E-state index contributed by atoms with van der Waals surface area (Å²) < 4.78 is 33.7. The fraction of sp³-hybridized carbons (Fsp3) is 0.762. The van der Waals surface area contributed by atoms with Crippen molar-refractivity contribution in [1.29, 1.82) is 0 Å². The van der Waals surface area contributed by atoms with Crippen LogP contribution in [0.1, 0.15) is 155 Å². The van der Waals surface area contributed by atoms with Crippen molar-refractivity contribution in [2.45, 2.75) is 161 Å². The second kappa shape index (κ2) is 34.7. The Hall–Kier alpha value is -2.03. The van der Waals surface area contributed by atoms with E-state index in [1.807, 2.05) is 21.1 Å². The van der Waals surface area contributed by atoms with Gasteiger partial charge in [0.05, 0.1) is 27.7 Å². The molecule has 0 saturated carbocycles. The molecule has 0 amide bonds. The largest absolute Gasteiger partial charge is 0.756 e. The van der Waals surface area contributed by atoms with Gasteiger partial charge in [0.2, 0.25) is 0 Å². The van der Waals surface area contributed by atoms with E-state index in [4.69, 9.17) is 18.5 Å². The average molecular weight is 754 g/mol. The van der Waals surface area contributed by atoms with Gasteiger partial charge in [-0.05, 0) is 70.6 Å². The van der Waals surface area contributed by atoms with Crippen LogP contribution >= 0.6 is 7.82 Å². The Morgan fingerprint density at radius 2 is 1.06 bits per heavy atom. The van der Waals surface area contributed by atoms with Crippen LogP contribution in [0.3, 0.4) is 0 Å². The van der Waals surface area contributed by atoms with E-state index < -0.39 is 32.5 Å². The number of esters is 2. The first-order valence-corrected chi connectivity index (χ1v) is 21.8. The number of hydrogen-bond donors (Lipinski definition) is 0. The van der Waals surface area contributed by atoms with Gasteiger partial charge in [0.15, 0.2) is 6.10 Å². The summed E-state index contributed by atoms with van der Waals surface area (Å²) in [5.41, 5.74) is 0. The van der Waals surface area contributed by atoms with Crippen molar-refractivity contribution in [3.05, 3.63) is 48.6 Å². The summed E-state index contributed by atoms with van der Waals surface area (Å²) in [4.78, 5) is 37.4. The summed E-state index contributed by atoms with van der Waals surface area (Å²) in [6.45, 7) is 4.10. The number of quaternary nitrogens is 1. The third-order valence-corrected chi connectivity index (χ3v) is 9.29. The molecular formula is C42H76NO8P. The van der Waals surface area contributed by atoms with E-state index in [9.17, 15) is 19.0 Å². The Kier molecular flexibility index (Phi) is 33.4. The number of ether oxygens (including phenoxy) is 2. The number of unbranched alkanes of at least 4 members (excludes halogenated alkanes) is 14. The van der Waals surface area contributed by atoms with Crippen LogP contribution in [-0.2, 0) is 32.7 Å². The topological polar surface area (TPSA) is 111 Å². The fourth-order valence-electron chi connectivity index (χ4n) is 5.05. The smallest absolute Gasteiger partial charge is 0.306 e. The Bertz CT molecular complexity index is 1030. The number of rotatable bonds is 36. The molecule has 2 atom stereocenters. The van der Waals surface area contributed by atoms with Crippen LogP contribution in [0, 0.1) is 0 Å². The second-order valence-corrected chi connectivity index (χ2v) is 16.1. The van der Waals surface area contributed by atoms with Gasteiger partial charge < -0.3 is 27.9 Å². The molecule has 10 heteroatoms. The van der Waals surface area contributed by atoms with Gasteiger partial charge in [0.25, 0.3) is 7.82 Å². The predicted molar refractivity (Wildman–Crippen MR) is 213 cm³/mol. The van der Waals surface area contributed by atoms with E-state index in [0.717, 1.165) is 77.0 Å². The third kappa shape index (κ3) is 37.7. The van der Waals surface area contributed by atoms with Crippen LogP contribution in [0.5, 0.6) is 0 Å². The molecule has 302 valence electrons. The molecule has 0 N–H and O–H groups in total. The van der Waals surface area contributed by atoms with E-state index in [1.54, 1.807) is 0 Å². The molecule has 0 aromatic heterocycles. The van der Waals surface area contributed by atoms with Gasteiger partial charge >= 0.3 is 11.9 Å². The molecule has 0 spiro atoms. The Balaban J connectivity index is 4.44. The lowest BCUT2D eigenvalue weighted by molar-refractivity contribution is -0.870. The normalized spacial score (nSPS) is 14.2. The van der Waals surface area contributed by atoms with Crippen LogP contribution in [-0.4, -0.2) is 70.0 Å². The van der Waals surface area contributed by atoms with E-state index >= 15 is 0 Å². The molecule has 0 radical (unpaired) electrons. The van der Waals surface area contributed by atoms with Crippen molar-refractivity contribution in [2.24, 2.45) is 0 Å². The molecule has 0 aromatic rings. The van der Waals surface area contributed by atoms with Gasteiger partial charge in [-0.25, -0.2) is 0 Å². The molecule has 0 aliphatic rings. The molecule has 0 heterocycles. The highest BCUT2D eigenvalue weighted by atomic mass is 31.2.